The molecule has 0 aliphatic carbocycles. The molecule has 0 saturated carbocycles. The third-order valence-corrected chi connectivity index (χ3v) is 4.69. The minimum Gasteiger partial charge on any atom is -0.394 e. The van der Waals surface area contributed by atoms with Crippen LogP contribution in [0.1, 0.15) is 71.1 Å². The Morgan fingerprint density at radius 2 is 1.43 bits per heavy atom. The fraction of sp³-hybridized carbons (Fsp3) is 0.609. The first-order chi connectivity index (χ1) is 13.7. The van der Waals surface area contributed by atoms with Crippen molar-refractivity contribution in [2.24, 2.45) is 0 Å². The van der Waals surface area contributed by atoms with Gasteiger partial charge in [0, 0.05) is 6.42 Å². The number of rotatable bonds is 19. The molecule has 0 aromatic carbocycles. The summed E-state index contributed by atoms with van der Waals surface area (Å²) in [7, 11) is -0.243. The molecule has 0 fully saturated rings. The lowest BCUT2D eigenvalue weighted by molar-refractivity contribution is -0.112. The van der Waals surface area contributed by atoms with Gasteiger partial charge in [-0.2, -0.15) is 0 Å². The van der Waals surface area contributed by atoms with E-state index in [9.17, 15) is 4.79 Å². The highest BCUT2D eigenvalue weighted by molar-refractivity contribution is 7.53. The van der Waals surface area contributed by atoms with Crippen LogP contribution < -0.4 is 0 Å². The summed E-state index contributed by atoms with van der Waals surface area (Å²) in [6.07, 6.45) is 26.8. The summed E-state index contributed by atoms with van der Waals surface area (Å²) in [5.41, 5.74) is 0.0565. The van der Waals surface area contributed by atoms with Crippen LogP contribution in [0.3, 0.4) is 0 Å². The van der Waals surface area contributed by atoms with Gasteiger partial charge in [0.2, 0.25) is 0 Å². The second-order valence-corrected chi connectivity index (χ2v) is 7.70. The summed E-state index contributed by atoms with van der Waals surface area (Å²) >= 11 is 0. The molecule has 28 heavy (non-hydrogen) atoms. The highest BCUT2D eigenvalue weighted by Crippen LogP contribution is 2.17. The minimum absolute atomic E-state index is 0.0118. The lowest BCUT2D eigenvalue weighted by atomic mass is 10.2. The number of carbonyl (C=O) groups excluding carboxylic acids is 1. The van der Waals surface area contributed by atoms with E-state index in [2.05, 4.69) is 55.5 Å². The monoisotopic (exact) mass is 410 g/mol. The minimum atomic E-state index is -0.899. The Bertz CT molecular complexity index is 469. The Morgan fingerprint density at radius 1 is 0.893 bits per heavy atom. The summed E-state index contributed by atoms with van der Waals surface area (Å²) in [4.78, 5) is 11.6. The molecule has 0 saturated heterocycles. The number of aliphatic hydroxyl groups is 2. The van der Waals surface area contributed by atoms with E-state index >= 15 is 0 Å². The van der Waals surface area contributed by atoms with Crippen LogP contribution in [-0.4, -0.2) is 35.1 Å². The zero-order valence-electron chi connectivity index (χ0n) is 17.4. The number of unbranched alkanes of at least 4 members (excludes halogenated alkanes) is 4. The molecule has 0 aromatic heterocycles. The molecule has 0 radical (unpaired) electrons. The Morgan fingerprint density at radius 3 is 1.96 bits per heavy atom. The molecular formula is C23H39O4P. The maximum absolute atomic E-state index is 11.6. The zero-order valence-corrected chi connectivity index (χ0v) is 18.4. The van der Waals surface area contributed by atoms with Crippen molar-refractivity contribution in [3.05, 3.63) is 48.6 Å². The van der Waals surface area contributed by atoms with Gasteiger partial charge in [-0.15, -0.1) is 0 Å². The van der Waals surface area contributed by atoms with Crippen molar-refractivity contribution >= 4 is 14.3 Å². The molecule has 5 heteroatoms. The molecule has 0 spiro atoms. The molecule has 160 valence electrons. The van der Waals surface area contributed by atoms with E-state index in [1.165, 1.54) is 25.7 Å². The number of carbonyl (C=O) groups is 1. The van der Waals surface area contributed by atoms with Crippen LogP contribution in [0.4, 0.5) is 0 Å². The van der Waals surface area contributed by atoms with Gasteiger partial charge in [-0.3, -0.25) is 4.79 Å². The third kappa shape index (κ3) is 21.2. The van der Waals surface area contributed by atoms with Gasteiger partial charge in [-0.1, -0.05) is 68.4 Å². The predicted octanol–water partition coefficient (Wildman–Crippen LogP) is 5.62. The molecular weight excluding hydrogens is 371 g/mol. The van der Waals surface area contributed by atoms with Gasteiger partial charge in [0.1, 0.15) is 6.10 Å². The van der Waals surface area contributed by atoms with Gasteiger partial charge >= 0.3 is 0 Å². The van der Waals surface area contributed by atoms with Crippen molar-refractivity contribution in [2.75, 3.05) is 13.2 Å². The van der Waals surface area contributed by atoms with E-state index in [0.717, 1.165) is 32.1 Å². The van der Waals surface area contributed by atoms with Crippen LogP contribution in [-0.2, 0) is 9.32 Å². The van der Waals surface area contributed by atoms with Crippen LogP contribution in [0.15, 0.2) is 48.6 Å². The van der Waals surface area contributed by atoms with Crippen molar-refractivity contribution in [1.82, 2.24) is 0 Å². The van der Waals surface area contributed by atoms with Gasteiger partial charge in [0.25, 0.3) is 0 Å². The zero-order chi connectivity index (χ0) is 20.7. The van der Waals surface area contributed by atoms with Crippen LogP contribution in [0.2, 0.25) is 0 Å². The molecule has 4 nitrogen and oxygen atoms in total. The number of hydrogen-bond acceptors (Lipinski definition) is 4. The smallest absolute Gasteiger partial charge is 0.178 e. The standard InChI is InChI=1S/C23H39O4P/c1-2-3-4-5-6-7-8-9-10-11-12-13-14-15-16-17-18-19-23(26)28-27-21-22(25)20-24/h6-7,9-10,12-13,15-16,22,24-25,28H,2-5,8,11,14,17-21H2,1H3. The maximum Gasteiger partial charge on any atom is 0.178 e. The van der Waals surface area contributed by atoms with E-state index in [4.69, 9.17) is 14.7 Å². The molecule has 0 aliphatic heterocycles. The largest absolute Gasteiger partial charge is 0.394 e. The Kier molecular flexibility index (Phi) is 21.4. The molecule has 0 rings (SSSR count). The first-order valence-corrected chi connectivity index (χ1v) is 11.4. The van der Waals surface area contributed by atoms with E-state index < -0.39 is 6.10 Å². The van der Waals surface area contributed by atoms with Gasteiger partial charge < -0.3 is 14.7 Å². The molecule has 0 aliphatic rings. The van der Waals surface area contributed by atoms with Crippen molar-refractivity contribution in [3.8, 4) is 0 Å². The second kappa shape index (κ2) is 22.2. The molecule has 2 atom stereocenters. The molecule has 0 amide bonds. The van der Waals surface area contributed by atoms with Gasteiger partial charge in [-0.25, -0.2) is 0 Å². The maximum atomic E-state index is 11.6. The summed E-state index contributed by atoms with van der Waals surface area (Å²) in [6, 6.07) is 0. The highest BCUT2D eigenvalue weighted by atomic mass is 31.1. The Labute approximate surface area is 173 Å². The Hall–Kier alpha value is -1.06. The summed E-state index contributed by atoms with van der Waals surface area (Å²) in [5.74, 6) is 0. The molecule has 0 heterocycles. The van der Waals surface area contributed by atoms with Crippen LogP contribution in [0.25, 0.3) is 0 Å². The summed E-state index contributed by atoms with van der Waals surface area (Å²) in [5, 5.41) is 17.7. The van der Waals surface area contributed by atoms with Crippen LogP contribution in [0.5, 0.6) is 0 Å². The van der Waals surface area contributed by atoms with Gasteiger partial charge in [0.15, 0.2) is 5.52 Å². The van der Waals surface area contributed by atoms with E-state index in [1.54, 1.807) is 0 Å². The molecule has 0 aromatic rings. The van der Waals surface area contributed by atoms with Crippen LogP contribution >= 0.6 is 8.81 Å². The quantitative estimate of drug-likeness (QED) is 0.165. The third-order valence-electron chi connectivity index (χ3n) is 3.90. The van der Waals surface area contributed by atoms with Crippen molar-refractivity contribution in [3.63, 3.8) is 0 Å². The number of allylic oxidation sites excluding steroid dienone is 8. The van der Waals surface area contributed by atoms with E-state index in [1.807, 2.05) is 0 Å². The average molecular weight is 411 g/mol. The second-order valence-electron chi connectivity index (χ2n) is 6.65. The fourth-order valence-electron chi connectivity index (χ4n) is 2.26. The lowest BCUT2D eigenvalue weighted by Gasteiger charge is -2.06. The summed E-state index contributed by atoms with van der Waals surface area (Å²) in [6.45, 7) is 1.90. The normalized spacial score (nSPS) is 14.0. The first-order valence-electron chi connectivity index (χ1n) is 10.5. The molecule has 2 unspecified atom stereocenters. The Balaban J connectivity index is 3.49. The van der Waals surface area contributed by atoms with E-state index in [0.29, 0.717) is 6.42 Å². The number of aliphatic hydroxyl groups excluding tert-OH is 2. The van der Waals surface area contributed by atoms with Crippen LogP contribution in [0, 0.1) is 0 Å². The summed E-state index contributed by atoms with van der Waals surface area (Å²) < 4.78 is 5.06. The first kappa shape index (κ1) is 26.9. The lowest BCUT2D eigenvalue weighted by Crippen LogP contribution is -2.17. The van der Waals surface area contributed by atoms with Crippen molar-refractivity contribution in [2.45, 2.75) is 77.2 Å². The molecule has 0 bridgehead atoms. The SMILES string of the molecule is CCCCCC=CCC=CCC=CCC=CCCCC(=O)POCC(O)CO. The van der Waals surface area contributed by atoms with Crippen molar-refractivity contribution in [1.29, 1.82) is 0 Å². The van der Waals surface area contributed by atoms with Gasteiger partial charge in [-0.05, 0) is 44.9 Å². The predicted molar refractivity (Wildman–Crippen MR) is 121 cm³/mol. The van der Waals surface area contributed by atoms with E-state index in [-0.39, 0.29) is 27.5 Å². The van der Waals surface area contributed by atoms with Gasteiger partial charge in [0.05, 0.1) is 22.0 Å². The topological polar surface area (TPSA) is 66.8 Å². The molecule has 2 N–H and O–H groups in total. The fourth-order valence-corrected chi connectivity index (χ4v) is 2.98. The number of hydrogen-bond donors (Lipinski definition) is 2. The van der Waals surface area contributed by atoms with Crippen molar-refractivity contribution < 1.29 is 19.5 Å². The average Bonchev–Trinajstić information content (AvgIpc) is 2.70. The highest BCUT2D eigenvalue weighted by Gasteiger charge is 2.05.